The first kappa shape index (κ1) is 18.8. The Bertz CT molecular complexity index is 1220. The standard InChI is InChI=1S/C17H14N4O7/c1-2-28-15(23)8-20-12-6-13(19-4-3-10(7-19)9-22)14(21(26)27)5-11(12)18-16(24)17(20)25/h3-7,9H,2,8H2,1H3,(H,18,24). The molecule has 0 saturated carbocycles. The molecule has 1 aromatic carbocycles. The van der Waals surface area contributed by atoms with E-state index in [9.17, 15) is 29.3 Å². The molecule has 0 radical (unpaired) electrons. The van der Waals surface area contributed by atoms with Crippen LogP contribution in [0, 0.1) is 10.1 Å². The van der Waals surface area contributed by atoms with Crippen LogP contribution in [0.15, 0.2) is 40.2 Å². The lowest BCUT2D eigenvalue weighted by Crippen LogP contribution is -2.38. The van der Waals surface area contributed by atoms with Gasteiger partial charge in [-0.1, -0.05) is 0 Å². The lowest BCUT2D eigenvalue weighted by atomic mass is 10.2. The van der Waals surface area contributed by atoms with E-state index in [1.54, 1.807) is 6.92 Å². The Hall–Kier alpha value is -4.02. The van der Waals surface area contributed by atoms with Crippen LogP contribution in [0.2, 0.25) is 0 Å². The first-order valence-electron chi connectivity index (χ1n) is 8.10. The summed E-state index contributed by atoms with van der Waals surface area (Å²) in [4.78, 5) is 60.1. The molecule has 0 saturated heterocycles. The van der Waals surface area contributed by atoms with E-state index in [4.69, 9.17) is 4.74 Å². The predicted octanol–water partition coefficient (Wildman–Crippen LogP) is 0.764. The highest BCUT2D eigenvalue weighted by atomic mass is 16.6. The van der Waals surface area contributed by atoms with Gasteiger partial charge >= 0.3 is 17.1 Å². The Morgan fingerprint density at radius 3 is 2.71 bits per heavy atom. The highest BCUT2D eigenvalue weighted by Crippen LogP contribution is 2.27. The number of hydrogen-bond acceptors (Lipinski definition) is 7. The van der Waals surface area contributed by atoms with Gasteiger partial charge in [0.1, 0.15) is 12.2 Å². The molecule has 0 aliphatic carbocycles. The summed E-state index contributed by atoms with van der Waals surface area (Å²) >= 11 is 0. The van der Waals surface area contributed by atoms with Gasteiger partial charge in [-0.25, -0.2) is 0 Å². The zero-order valence-electron chi connectivity index (χ0n) is 14.6. The van der Waals surface area contributed by atoms with Gasteiger partial charge in [-0.05, 0) is 19.1 Å². The Labute approximate surface area is 155 Å². The summed E-state index contributed by atoms with van der Waals surface area (Å²) in [6, 6.07) is 3.84. The van der Waals surface area contributed by atoms with Gasteiger partial charge in [-0.3, -0.25) is 33.9 Å². The normalized spacial score (nSPS) is 10.8. The molecule has 0 spiro atoms. The smallest absolute Gasteiger partial charge is 0.326 e. The summed E-state index contributed by atoms with van der Waals surface area (Å²) in [5.41, 5.74) is -1.94. The highest BCUT2D eigenvalue weighted by Gasteiger charge is 2.21. The number of nitrogens with one attached hydrogen (secondary N) is 1. The Morgan fingerprint density at radius 2 is 2.11 bits per heavy atom. The number of ether oxygens (including phenoxy) is 1. The van der Waals surface area contributed by atoms with Crippen LogP contribution >= 0.6 is 0 Å². The van der Waals surface area contributed by atoms with Crippen LogP contribution in [0.1, 0.15) is 17.3 Å². The number of nitro groups is 1. The fraction of sp³-hybridized carbons (Fsp3) is 0.176. The molecule has 11 nitrogen and oxygen atoms in total. The summed E-state index contributed by atoms with van der Waals surface area (Å²) < 4.78 is 7.05. The summed E-state index contributed by atoms with van der Waals surface area (Å²) in [6.45, 7) is 1.15. The zero-order chi connectivity index (χ0) is 20.4. The van der Waals surface area contributed by atoms with E-state index in [-0.39, 0.29) is 29.0 Å². The summed E-state index contributed by atoms with van der Waals surface area (Å²) in [7, 11) is 0. The number of esters is 1. The van der Waals surface area contributed by atoms with E-state index in [1.807, 2.05) is 0 Å². The minimum atomic E-state index is -1.02. The highest BCUT2D eigenvalue weighted by molar-refractivity contribution is 5.84. The van der Waals surface area contributed by atoms with Crippen LogP contribution in [0.25, 0.3) is 16.7 Å². The van der Waals surface area contributed by atoms with Crippen molar-refractivity contribution >= 4 is 29.0 Å². The number of H-pyrrole nitrogens is 1. The number of rotatable bonds is 6. The fourth-order valence-electron chi connectivity index (χ4n) is 2.78. The van der Waals surface area contributed by atoms with Gasteiger partial charge in [0.2, 0.25) is 0 Å². The van der Waals surface area contributed by atoms with Crippen molar-refractivity contribution < 1.29 is 19.2 Å². The van der Waals surface area contributed by atoms with Crippen molar-refractivity contribution in [2.75, 3.05) is 6.61 Å². The van der Waals surface area contributed by atoms with Gasteiger partial charge in [-0.2, -0.15) is 0 Å². The van der Waals surface area contributed by atoms with E-state index >= 15 is 0 Å². The van der Waals surface area contributed by atoms with E-state index in [0.717, 1.165) is 10.6 Å². The quantitative estimate of drug-likeness (QED) is 0.216. The molecule has 0 atom stereocenters. The number of benzene rings is 1. The van der Waals surface area contributed by atoms with E-state index in [2.05, 4.69) is 4.98 Å². The predicted molar refractivity (Wildman–Crippen MR) is 96.8 cm³/mol. The van der Waals surface area contributed by atoms with Crippen LogP contribution in [0.4, 0.5) is 5.69 Å². The average molecular weight is 386 g/mol. The molecule has 11 heteroatoms. The summed E-state index contributed by atoms with van der Waals surface area (Å²) in [5.74, 6) is -0.736. The first-order chi connectivity index (χ1) is 13.3. The van der Waals surface area contributed by atoms with Crippen molar-refractivity contribution in [2.45, 2.75) is 13.5 Å². The minimum Gasteiger partial charge on any atom is -0.465 e. The molecule has 0 bridgehead atoms. The molecule has 144 valence electrons. The molecule has 1 N–H and O–H groups in total. The zero-order valence-corrected chi connectivity index (χ0v) is 14.6. The van der Waals surface area contributed by atoms with Crippen LogP contribution < -0.4 is 11.1 Å². The van der Waals surface area contributed by atoms with Crippen molar-refractivity contribution in [3.05, 3.63) is 67.0 Å². The monoisotopic (exact) mass is 386 g/mol. The van der Waals surface area contributed by atoms with Crippen molar-refractivity contribution in [2.24, 2.45) is 0 Å². The molecule has 3 rings (SSSR count). The molecule has 0 aliphatic rings. The Kier molecular flexibility index (Phi) is 4.90. The maximum Gasteiger partial charge on any atom is 0.326 e. The Balaban J connectivity index is 2.33. The van der Waals surface area contributed by atoms with Gasteiger partial charge in [0.05, 0.1) is 22.6 Å². The third kappa shape index (κ3) is 3.32. The maximum absolute atomic E-state index is 12.3. The molecular weight excluding hydrogens is 372 g/mol. The number of carbonyl (C=O) groups is 2. The molecule has 0 fully saturated rings. The van der Waals surface area contributed by atoms with Crippen molar-refractivity contribution in [1.29, 1.82) is 0 Å². The third-order valence-corrected chi connectivity index (χ3v) is 3.99. The second-order valence-electron chi connectivity index (χ2n) is 5.74. The van der Waals surface area contributed by atoms with Crippen molar-refractivity contribution in [3.63, 3.8) is 0 Å². The minimum absolute atomic E-state index is 0.00659. The van der Waals surface area contributed by atoms with Gasteiger partial charge in [-0.15, -0.1) is 0 Å². The molecular formula is C17H14N4O7. The topological polar surface area (TPSA) is 146 Å². The van der Waals surface area contributed by atoms with Crippen LogP contribution in [0.3, 0.4) is 0 Å². The second-order valence-corrected chi connectivity index (χ2v) is 5.74. The number of carbonyl (C=O) groups excluding carboxylic acids is 2. The van der Waals surface area contributed by atoms with E-state index in [0.29, 0.717) is 11.8 Å². The maximum atomic E-state index is 12.3. The number of aldehydes is 1. The number of aromatic amines is 1. The molecule has 3 aromatic rings. The van der Waals surface area contributed by atoms with E-state index < -0.39 is 28.6 Å². The van der Waals surface area contributed by atoms with Gasteiger partial charge in [0, 0.05) is 24.0 Å². The molecule has 0 unspecified atom stereocenters. The lowest BCUT2D eigenvalue weighted by molar-refractivity contribution is -0.384. The fourth-order valence-corrected chi connectivity index (χ4v) is 2.78. The summed E-state index contributed by atoms with van der Waals surface area (Å²) in [5, 5.41) is 11.5. The van der Waals surface area contributed by atoms with Crippen molar-refractivity contribution in [3.8, 4) is 5.69 Å². The largest absolute Gasteiger partial charge is 0.465 e. The Morgan fingerprint density at radius 1 is 1.36 bits per heavy atom. The van der Waals surface area contributed by atoms with Crippen LogP contribution in [0.5, 0.6) is 0 Å². The molecule has 2 heterocycles. The van der Waals surface area contributed by atoms with Crippen LogP contribution in [-0.2, 0) is 16.1 Å². The SMILES string of the molecule is CCOC(=O)Cn1c(=O)c(=O)[nH]c2cc([N+](=O)[O-])c(-n3ccc(C=O)c3)cc21. The third-order valence-electron chi connectivity index (χ3n) is 3.99. The van der Waals surface area contributed by atoms with Gasteiger partial charge < -0.3 is 14.3 Å². The summed E-state index contributed by atoms with van der Waals surface area (Å²) in [6.07, 6.45) is 3.40. The molecule has 2 aromatic heterocycles. The second kappa shape index (κ2) is 7.31. The molecule has 28 heavy (non-hydrogen) atoms. The average Bonchev–Trinajstić information content (AvgIpc) is 3.13. The van der Waals surface area contributed by atoms with Gasteiger partial charge in [0.15, 0.2) is 6.29 Å². The number of fused-ring (bicyclic) bond motifs is 1. The van der Waals surface area contributed by atoms with Crippen LogP contribution in [-0.4, -0.2) is 37.9 Å². The first-order valence-corrected chi connectivity index (χ1v) is 8.10. The number of nitrogens with zero attached hydrogens (tertiary/aromatic N) is 3. The van der Waals surface area contributed by atoms with Crippen molar-refractivity contribution in [1.82, 2.24) is 14.1 Å². The molecule has 0 aliphatic heterocycles. The number of nitro benzene ring substituents is 1. The lowest BCUT2D eigenvalue weighted by Gasteiger charge is -2.11. The number of aromatic nitrogens is 3. The van der Waals surface area contributed by atoms with Gasteiger partial charge in [0.25, 0.3) is 5.69 Å². The molecule has 0 amide bonds. The van der Waals surface area contributed by atoms with E-state index in [1.165, 1.54) is 29.1 Å². The number of hydrogen-bond donors (Lipinski definition) is 1.